The van der Waals surface area contributed by atoms with Crippen molar-refractivity contribution in [1.82, 2.24) is 10.2 Å². The molecule has 0 saturated carbocycles. The van der Waals surface area contributed by atoms with Crippen LogP contribution in [0.15, 0.2) is 0 Å². The quantitative estimate of drug-likeness (QED) is 0.691. The summed E-state index contributed by atoms with van der Waals surface area (Å²) in [5.41, 5.74) is 0.848. The van der Waals surface area contributed by atoms with Crippen molar-refractivity contribution in [1.29, 1.82) is 0 Å². The Morgan fingerprint density at radius 3 is 2.29 bits per heavy atom. The van der Waals surface area contributed by atoms with Gasteiger partial charge >= 0.3 is 0 Å². The molecule has 82 valence electrons. The summed E-state index contributed by atoms with van der Waals surface area (Å²) in [4.78, 5) is 2.68. The van der Waals surface area contributed by atoms with E-state index in [2.05, 4.69) is 37.9 Å². The third kappa shape index (κ3) is 1.59. The maximum Gasteiger partial charge on any atom is 0.0654 e. The molecule has 0 radical (unpaired) electrons. The summed E-state index contributed by atoms with van der Waals surface area (Å²) < 4.78 is 0. The molecule has 2 aliphatic rings. The van der Waals surface area contributed by atoms with Gasteiger partial charge in [0, 0.05) is 12.1 Å². The predicted molar refractivity (Wildman–Crippen MR) is 60.2 cm³/mol. The highest BCUT2D eigenvalue weighted by Gasteiger charge is 2.45. The first-order valence-electron chi connectivity index (χ1n) is 5.94. The van der Waals surface area contributed by atoms with Crippen molar-refractivity contribution in [2.75, 3.05) is 13.1 Å². The Hall–Kier alpha value is -0.0800. The second-order valence-corrected chi connectivity index (χ2v) is 6.20. The maximum atomic E-state index is 3.67. The van der Waals surface area contributed by atoms with E-state index in [1.165, 1.54) is 32.4 Å². The molecule has 0 spiro atoms. The Morgan fingerprint density at radius 2 is 1.86 bits per heavy atom. The van der Waals surface area contributed by atoms with Crippen LogP contribution in [0.5, 0.6) is 0 Å². The average molecular weight is 196 g/mol. The first-order chi connectivity index (χ1) is 6.43. The monoisotopic (exact) mass is 196 g/mol. The first-order valence-corrected chi connectivity index (χ1v) is 5.94. The SMILES string of the molecule is CC1(C)CCNC1N1CCCC1(C)C. The van der Waals surface area contributed by atoms with E-state index in [0.717, 1.165) is 0 Å². The predicted octanol–water partition coefficient (Wildman–Crippen LogP) is 2.21. The number of hydrogen-bond acceptors (Lipinski definition) is 2. The van der Waals surface area contributed by atoms with Crippen LogP contribution < -0.4 is 5.32 Å². The van der Waals surface area contributed by atoms with Gasteiger partial charge in [0.2, 0.25) is 0 Å². The summed E-state index contributed by atoms with van der Waals surface area (Å²) in [7, 11) is 0. The molecule has 2 saturated heterocycles. The molecule has 2 rings (SSSR count). The van der Waals surface area contributed by atoms with Crippen LogP contribution in [0, 0.1) is 5.41 Å². The van der Waals surface area contributed by atoms with Crippen LogP contribution >= 0.6 is 0 Å². The van der Waals surface area contributed by atoms with E-state index in [1.807, 2.05) is 0 Å². The van der Waals surface area contributed by atoms with Gasteiger partial charge in [0.1, 0.15) is 0 Å². The van der Waals surface area contributed by atoms with Gasteiger partial charge in [0.05, 0.1) is 6.17 Å². The fourth-order valence-corrected chi connectivity index (χ4v) is 3.08. The molecule has 2 heteroatoms. The van der Waals surface area contributed by atoms with E-state index >= 15 is 0 Å². The highest BCUT2D eigenvalue weighted by atomic mass is 15.3. The lowest BCUT2D eigenvalue weighted by atomic mass is 9.87. The van der Waals surface area contributed by atoms with Crippen molar-refractivity contribution < 1.29 is 0 Å². The first kappa shape index (κ1) is 10.4. The van der Waals surface area contributed by atoms with Gasteiger partial charge in [-0.3, -0.25) is 4.90 Å². The van der Waals surface area contributed by atoms with Gasteiger partial charge in [0.15, 0.2) is 0 Å². The topological polar surface area (TPSA) is 15.3 Å². The van der Waals surface area contributed by atoms with Crippen molar-refractivity contribution in [3.63, 3.8) is 0 Å². The smallest absolute Gasteiger partial charge is 0.0654 e. The van der Waals surface area contributed by atoms with Crippen LogP contribution in [0.4, 0.5) is 0 Å². The van der Waals surface area contributed by atoms with Gasteiger partial charge in [-0.05, 0) is 45.1 Å². The summed E-state index contributed by atoms with van der Waals surface area (Å²) in [6.45, 7) is 12.0. The lowest BCUT2D eigenvalue weighted by molar-refractivity contribution is 0.0452. The summed E-state index contributed by atoms with van der Waals surface area (Å²) in [5.74, 6) is 0. The summed E-state index contributed by atoms with van der Waals surface area (Å²) in [6.07, 6.45) is 4.62. The van der Waals surface area contributed by atoms with Gasteiger partial charge < -0.3 is 5.32 Å². The zero-order valence-corrected chi connectivity index (χ0v) is 10.1. The third-order valence-electron chi connectivity index (χ3n) is 4.12. The number of hydrogen-bond donors (Lipinski definition) is 1. The Balaban J connectivity index is 2.15. The number of nitrogens with zero attached hydrogens (tertiary/aromatic N) is 1. The molecule has 14 heavy (non-hydrogen) atoms. The second kappa shape index (κ2) is 3.21. The summed E-state index contributed by atoms with van der Waals surface area (Å²) >= 11 is 0. The fraction of sp³-hybridized carbons (Fsp3) is 1.00. The highest BCUT2D eigenvalue weighted by molar-refractivity contribution is 4.99. The highest BCUT2D eigenvalue weighted by Crippen LogP contribution is 2.39. The molecule has 0 aromatic rings. The molecule has 2 fully saturated rings. The van der Waals surface area contributed by atoms with Crippen molar-refractivity contribution in [2.24, 2.45) is 5.41 Å². The van der Waals surface area contributed by atoms with Crippen LogP contribution in [0.2, 0.25) is 0 Å². The van der Waals surface area contributed by atoms with Crippen LogP contribution in [-0.4, -0.2) is 29.7 Å². The maximum absolute atomic E-state index is 3.67. The minimum Gasteiger partial charge on any atom is -0.301 e. The molecule has 0 amide bonds. The minimum atomic E-state index is 0.402. The zero-order valence-electron chi connectivity index (χ0n) is 10.1. The Kier molecular flexibility index (Phi) is 2.39. The van der Waals surface area contributed by atoms with E-state index in [-0.39, 0.29) is 0 Å². The number of rotatable bonds is 1. The summed E-state index contributed by atoms with van der Waals surface area (Å²) in [5, 5.41) is 3.67. The average Bonchev–Trinajstić information content (AvgIpc) is 2.53. The van der Waals surface area contributed by atoms with Gasteiger partial charge in [0.25, 0.3) is 0 Å². The molecule has 0 aliphatic carbocycles. The Bertz CT molecular complexity index is 196. The second-order valence-electron chi connectivity index (χ2n) is 6.20. The fourth-order valence-electron chi connectivity index (χ4n) is 3.08. The van der Waals surface area contributed by atoms with Crippen molar-refractivity contribution in [2.45, 2.75) is 58.7 Å². The number of nitrogens with one attached hydrogen (secondary N) is 1. The molecule has 0 aromatic heterocycles. The van der Waals surface area contributed by atoms with E-state index in [1.54, 1.807) is 0 Å². The van der Waals surface area contributed by atoms with Gasteiger partial charge in [-0.1, -0.05) is 13.8 Å². The molecule has 1 atom stereocenters. The van der Waals surface area contributed by atoms with Crippen LogP contribution in [0.1, 0.15) is 47.0 Å². The molecule has 2 heterocycles. The minimum absolute atomic E-state index is 0.402. The van der Waals surface area contributed by atoms with Crippen LogP contribution in [-0.2, 0) is 0 Å². The molecule has 1 N–H and O–H groups in total. The van der Waals surface area contributed by atoms with E-state index < -0.39 is 0 Å². The Labute approximate surface area is 88.1 Å². The van der Waals surface area contributed by atoms with Crippen molar-refractivity contribution >= 4 is 0 Å². The van der Waals surface area contributed by atoms with Crippen molar-refractivity contribution in [3.8, 4) is 0 Å². The molecular formula is C12H24N2. The van der Waals surface area contributed by atoms with E-state index in [0.29, 0.717) is 17.1 Å². The van der Waals surface area contributed by atoms with E-state index in [4.69, 9.17) is 0 Å². The lowest BCUT2D eigenvalue weighted by Gasteiger charge is -2.42. The van der Waals surface area contributed by atoms with Gasteiger partial charge in [-0.15, -0.1) is 0 Å². The molecular weight excluding hydrogens is 172 g/mol. The Morgan fingerprint density at radius 1 is 1.14 bits per heavy atom. The number of likely N-dealkylation sites (tertiary alicyclic amines) is 1. The van der Waals surface area contributed by atoms with Gasteiger partial charge in [-0.2, -0.15) is 0 Å². The van der Waals surface area contributed by atoms with Crippen LogP contribution in [0.3, 0.4) is 0 Å². The standard InChI is InChI=1S/C12H24N2/c1-11(2)7-8-13-10(11)14-9-5-6-12(14,3)4/h10,13H,5-9H2,1-4H3. The summed E-state index contributed by atoms with van der Waals surface area (Å²) in [6, 6.07) is 0. The normalized spacial score (nSPS) is 36.4. The molecule has 2 aliphatic heterocycles. The molecule has 2 nitrogen and oxygen atoms in total. The molecule has 1 unspecified atom stereocenters. The lowest BCUT2D eigenvalue weighted by Crippen LogP contribution is -2.54. The largest absolute Gasteiger partial charge is 0.301 e. The molecule has 0 bridgehead atoms. The zero-order chi connectivity index (χ0) is 10.4. The third-order valence-corrected chi connectivity index (χ3v) is 4.12. The van der Waals surface area contributed by atoms with Crippen LogP contribution in [0.25, 0.3) is 0 Å². The molecule has 0 aromatic carbocycles. The van der Waals surface area contributed by atoms with E-state index in [9.17, 15) is 0 Å². The van der Waals surface area contributed by atoms with Crippen molar-refractivity contribution in [3.05, 3.63) is 0 Å². The van der Waals surface area contributed by atoms with Gasteiger partial charge in [-0.25, -0.2) is 0 Å².